The fraction of sp³-hybridized carbons (Fsp3) is 0.847. The van der Waals surface area contributed by atoms with Gasteiger partial charge in [0.1, 0.15) is 13.2 Å². The highest BCUT2D eigenvalue weighted by atomic mass is 31.2. The molecule has 0 fully saturated rings. The summed E-state index contributed by atoms with van der Waals surface area (Å²) in [5, 5.41) is 14.1. The van der Waals surface area contributed by atoms with Gasteiger partial charge in [-0.3, -0.25) is 13.8 Å². The number of unbranched alkanes of at least 4 members (excludes halogenated alkanes) is 32. The number of hydrogen-bond donors (Lipinski definition) is 3. The van der Waals surface area contributed by atoms with E-state index in [0.29, 0.717) is 23.9 Å². The third kappa shape index (κ3) is 52.3. The third-order valence-electron chi connectivity index (χ3n) is 13.1. The Kier molecular flexibility index (Phi) is 49.3. The van der Waals surface area contributed by atoms with E-state index in [-0.39, 0.29) is 19.1 Å². The van der Waals surface area contributed by atoms with Crippen molar-refractivity contribution in [3.63, 3.8) is 0 Å². The monoisotopic (exact) mass is 978 g/mol. The topological polar surface area (TPSA) is 105 Å². The maximum Gasteiger partial charge on any atom is 0.472 e. The Morgan fingerprint density at radius 1 is 0.515 bits per heavy atom. The molecule has 0 bridgehead atoms. The molecule has 0 aliphatic heterocycles. The number of likely N-dealkylation sites (N-methyl/N-ethyl adjacent to an activating group) is 1. The lowest BCUT2D eigenvalue weighted by Gasteiger charge is -2.26. The number of quaternary nitrogens is 1. The number of hydrogen-bond acceptors (Lipinski definition) is 5. The molecular weight excluding hydrogens is 864 g/mol. The summed E-state index contributed by atoms with van der Waals surface area (Å²) in [5.41, 5.74) is 0. The van der Waals surface area contributed by atoms with E-state index >= 15 is 0 Å². The predicted octanol–water partition coefficient (Wildman–Crippen LogP) is 17.5. The lowest BCUT2D eigenvalue weighted by Crippen LogP contribution is -2.46. The van der Waals surface area contributed by atoms with E-state index in [2.05, 4.69) is 67.8 Å². The van der Waals surface area contributed by atoms with Crippen LogP contribution in [0.4, 0.5) is 0 Å². The Morgan fingerprint density at radius 2 is 0.882 bits per heavy atom. The van der Waals surface area contributed by atoms with Crippen LogP contribution in [0.2, 0.25) is 0 Å². The Bertz CT molecular complexity index is 1250. The van der Waals surface area contributed by atoms with Crippen LogP contribution >= 0.6 is 7.82 Å². The van der Waals surface area contributed by atoms with Crippen molar-refractivity contribution in [3.8, 4) is 0 Å². The van der Waals surface area contributed by atoms with Crippen LogP contribution in [-0.2, 0) is 18.4 Å². The smallest absolute Gasteiger partial charge is 0.391 e. The number of nitrogens with zero attached hydrogens (tertiary/aromatic N) is 1. The quantitative estimate of drug-likeness (QED) is 0.0243. The lowest BCUT2D eigenvalue weighted by atomic mass is 10.0. The van der Waals surface area contributed by atoms with Gasteiger partial charge in [-0.05, 0) is 51.4 Å². The van der Waals surface area contributed by atoms with Gasteiger partial charge in [0.25, 0.3) is 0 Å². The van der Waals surface area contributed by atoms with Crippen LogP contribution in [0, 0.1) is 0 Å². The highest BCUT2D eigenvalue weighted by Crippen LogP contribution is 2.43. The van der Waals surface area contributed by atoms with Gasteiger partial charge in [-0.1, -0.05) is 262 Å². The summed E-state index contributed by atoms with van der Waals surface area (Å²) in [4.78, 5) is 23.3. The van der Waals surface area contributed by atoms with Crippen molar-refractivity contribution in [2.45, 2.75) is 283 Å². The van der Waals surface area contributed by atoms with E-state index in [1.807, 2.05) is 21.1 Å². The molecule has 0 spiro atoms. The van der Waals surface area contributed by atoms with Crippen LogP contribution < -0.4 is 5.32 Å². The summed E-state index contributed by atoms with van der Waals surface area (Å²) in [5.74, 6) is -0.151. The largest absolute Gasteiger partial charge is 0.472 e. The van der Waals surface area contributed by atoms with E-state index < -0.39 is 20.0 Å². The van der Waals surface area contributed by atoms with Crippen molar-refractivity contribution in [3.05, 3.63) is 48.6 Å². The van der Waals surface area contributed by atoms with Crippen LogP contribution in [0.15, 0.2) is 48.6 Å². The molecule has 0 aromatic carbocycles. The fourth-order valence-corrected chi connectivity index (χ4v) is 9.31. The molecule has 400 valence electrons. The summed E-state index contributed by atoms with van der Waals surface area (Å²) < 4.78 is 23.8. The van der Waals surface area contributed by atoms with Crippen LogP contribution in [0.5, 0.6) is 0 Å². The van der Waals surface area contributed by atoms with Crippen molar-refractivity contribution in [1.29, 1.82) is 0 Å². The molecule has 0 saturated carbocycles. The van der Waals surface area contributed by atoms with Crippen LogP contribution in [0.1, 0.15) is 271 Å². The zero-order valence-electron chi connectivity index (χ0n) is 45.6. The second kappa shape index (κ2) is 50.4. The van der Waals surface area contributed by atoms with Gasteiger partial charge >= 0.3 is 7.82 Å². The van der Waals surface area contributed by atoms with Gasteiger partial charge in [-0.25, -0.2) is 4.57 Å². The Labute approximate surface area is 422 Å². The number of carbonyl (C=O) groups excluding carboxylic acids is 1. The molecule has 0 heterocycles. The van der Waals surface area contributed by atoms with Crippen molar-refractivity contribution in [2.75, 3.05) is 40.9 Å². The molecule has 3 unspecified atom stereocenters. The second-order valence-corrected chi connectivity index (χ2v) is 22.4. The number of phosphoric acid groups is 1. The molecule has 9 heteroatoms. The molecule has 8 nitrogen and oxygen atoms in total. The van der Waals surface area contributed by atoms with E-state index in [4.69, 9.17) is 9.05 Å². The van der Waals surface area contributed by atoms with Gasteiger partial charge in [0.05, 0.1) is 39.9 Å². The number of carbonyl (C=O) groups is 1. The summed E-state index contributed by atoms with van der Waals surface area (Å²) in [6.07, 6.45) is 65.9. The van der Waals surface area contributed by atoms with E-state index in [1.165, 1.54) is 173 Å². The first-order chi connectivity index (χ1) is 33.0. The van der Waals surface area contributed by atoms with Crippen LogP contribution in [0.3, 0.4) is 0 Å². The molecule has 0 aliphatic rings. The maximum absolute atomic E-state index is 13.0. The first kappa shape index (κ1) is 66.5. The normalized spacial score (nSPS) is 14.3. The van der Waals surface area contributed by atoms with Crippen molar-refractivity contribution in [2.24, 2.45) is 0 Å². The average molecular weight is 979 g/mol. The third-order valence-corrected chi connectivity index (χ3v) is 14.1. The number of phosphoric ester groups is 1. The minimum atomic E-state index is -4.33. The number of amides is 1. The Balaban J connectivity index is 4.17. The maximum atomic E-state index is 13.0. The second-order valence-electron chi connectivity index (χ2n) is 21.0. The molecule has 0 radical (unpaired) electrons. The predicted molar refractivity (Wildman–Crippen MR) is 295 cm³/mol. The minimum absolute atomic E-state index is 0.0719. The number of aliphatic hydroxyl groups is 1. The van der Waals surface area contributed by atoms with E-state index in [0.717, 1.165) is 70.6 Å². The summed E-state index contributed by atoms with van der Waals surface area (Å²) in [6.45, 7) is 4.80. The molecule has 1 amide bonds. The molecule has 0 aliphatic carbocycles. The molecule has 0 aromatic heterocycles. The molecule has 3 N–H and O–H groups in total. The molecular formula is C59H114N2O6P+. The Hall–Kier alpha value is -1.54. The fourth-order valence-electron chi connectivity index (χ4n) is 8.57. The van der Waals surface area contributed by atoms with Gasteiger partial charge in [0.15, 0.2) is 0 Å². The zero-order valence-corrected chi connectivity index (χ0v) is 46.5. The molecule has 68 heavy (non-hydrogen) atoms. The van der Waals surface area contributed by atoms with Crippen molar-refractivity contribution in [1.82, 2.24) is 5.32 Å². The van der Waals surface area contributed by atoms with Crippen LogP contribution in [-0.4, -0.2) is 73.4 Å². The summed E-state index contributed by atoms with van der Waals surface area (Å²) in [6, 6.07) is -0.768. The zero-order chi connectivity index (χ0) is 49.9. The minimum Gasteiger partial charge on any atom is -0.391 e. The number of nitrogens with one attached hydrogen (secondary N) is 1. The van der Waals surface area contributed by atoms with Gasteiger partial charge in [-0.2, -0.15) is 0 Å². The Morgan fingerprint density at radius 3 is 1.29 bits per heavy atom. The SMILES string of the molecule is CC/C=C\C/C=C\C/C=C\C/C=C\CCCCCCCCCCC(=O)NC(COP(=O)(O)OCC[N+](C)(C)C)C(O)CCCCCCCCCCCCCCCCCCCCCCCCCCC. The van der Waals surface area contributed by atoms with Gasteiger partial charge < -0.3 is 19.8 Å². The first-order valence-electron chi connectivity index (χ1n) is 29.0. The summed E-state index contributed by atoms with van der Waals surface area (Å²) >= 11 is 0. The van der Waals surface area contributed by atoms with E-state index in [1.54, 1.807) is 0 Å². The van der Waals surface area contributed by atoms with Gasteiger partial charge in [-0.15, -0.1) is 0 Å². The highest BCUT2D eigenvalue weighted by Gasteiger charge is 2.28. The average Bonchev–Trinajstić information content (AvgIpc) is 3.30. The van der Waals surface area contributed by atoms with Crippen molar-refractivity contribution >= 4 is 13.7 Å². The lowest BCUT2D eigenvalue weighted by molar-refractivity contribution is -0.870. The van der Waals surface area contributed by atoms with Gasteiger partial charge in [0, 0.05) is 6.42 Å². The highest BCUT2D eigenvalue weighted by molar-refractivity contribution is 7.47. The number of aliphatic hydroxyl groups excluding tert-OH is 1. The van der Waals surface area contributed by atoms with Gasteiger partial charge in [0.2, 0.25) is 5.91 Å². The van der Waals surface area contributed by atoms with E-state index in [9.17, 15) is 19.4 Å². The molecule has 0 rings (SSSR count). The molecule has 0 aromatic rings. The first-order valence-corrected chi connectivity index (χ1v) is 30.5. The number of rotatable bonds is 53. The van der Waals surface area contributed by atoms with Crippen LogP contribution in [0.25, 0.3) is 0 Å². The van der Waals surface area contributed by atoms with Crippen molar-refractivity contribution < 1.29 is 32.9 Å². The summed E-state index contributed by atoms with van der Waals surface area (Å²) in [7, 11) is 1.61. The number of allylic oxidation sites excluding steroid dienone is 8. The standard InChI is InChI=1S/C59H113N2O6P/c1-6-8-10-12-14-16-18-20-22-24-26-28-29-30-31-33-34-36-38-40-42-44-46-48-50-52-58(62)57(56-67-68(64,65)66-55-54-61(3,4)5)60-59(63)53-51-49-47-45-43-41-39-37-35-32-27-25-23-21-19-17-15-13-11-9-7-2/h9,11,15,17,21,23,27,32,57-58,62H,6-8,10,12-14,16,18-20,22,24-26,28-31,33-56H2,1-5H3,(H-,60,63,64,65)/p+1/b11-9-,17-15-,23-21-,32-27-. The molecule has 3 atom stereocenters. The molecule has 0 saturated heterocycles.